The van der Waals surface area contributed by atoms with Gasteiger partial charge in [0.1, 0.15) is 5.82 Å². The van der Waals surface area contributed by atoms with Crippen LogP contribution in [0.4, 0.5) is 4.39 Å². The van der Waals surface area contributed by atoms with Crippen molar-refractivity contribution in [2.24, 2.45) is 5.92 Å². The van der Waals surface area contributed by atoms with Crippen molar-refractivity contribution in [3.8, 4) is 0 Å². The topological polar surface area (TPSA) is 62.4 Å². The van der Waals surface area contributed by atoms with Crippen molar-refractivity contribution >= 4 is 42.3 Å². The third-order valence-corrected chi connectivity index (χ3v) is 3.89. The van der Waals surface area contributed by atoms with Crippen LogP contribution in [0.5, 0.6) is 0 Å². The van der Waals surface area contributed by atoms with Gasteiger partial charge < -0.3 is 20.7 Å². The zero-order valence-corrected chi connectivity index (χ0v) is 15.7. The van der Waals surface area contributed by atoms with Crippen molar-refractivity contribution in [2.45, 2.75) is 6.10 Å². The highest BCUT2D eigenvalue weighted by Gasteiger charge is 2.27. The van der Waals surface area contributed by atoms with Crippen LogP contribution >= 0.6 is 36.4 Å². The van der Waals surface area contributed by atoms with E-state index < -0.39 is 5.82 Å². The Morgan fingerprint density at radius 3 is 2.88 bits per heavy atom. The van der Waals surface area contributed by atoms with Gasteiger partial charge >= 0.3 is 0 Å². The van der Waals surface area contributed by atoms with Crippen molar-refractivity contribution in [1.82, 2.24) is 16.0 Å². The van der Waals surface area contributed by atoms with Crippen LogP contribution in [0.1, 0.15) is 11.7 Å². The minimum absolute atomic E-state index is 0. The molecule has 1 heterocycles. The molecule has 1 aromatic rings. The fraction of sp³-hybridized carbons (Fsp3) is 0.533. The van der Waals surface area contributed by atoms with E-state index in [9.17, 15) is 9.18 Å². The molecule has 0 unspecified atom stereocenters. The van der Waals surface area contributed by atoms with Crippen LogP contribution in [0.15, 0.2) is 18.2 Å². The van der Waals surface area contributed by atoms with Crippen LogP contribution in [0.25, 0.3) is 0 Å². The molecule has 1 saturated heterocycles. The second-order valence-electron chi connectivity index (χ2n) is 5.26. The lowest BCUT2D eigenvalue weighted by molar-refractivity contribution is -0.120. The highest BCUT2D eigenvalue weighted by Crippen LogP contribution is 2.29. The molecule has 138 valence electrons. The van der Waals surface area contributed by atoms with Crippen molar-refractivity contribution in [3.63, 3.8) is 0 Å². The van der Waals surface area contributed by atoms with Crippen molar-refractivity contribution in [2.75, 3.05) is 39.8 Å². The molecule has 1 aromatic carbocycles. The summed E-state index contributed by atoms with van der Waals surface area (Å²) in [4.78, 5) is 11.6. The van der Waals surface area contributed by atoms with Crippen molar-refractivity contribution < 1.29 is 13.9 Å². The number of hydrogen-bond donors (Lipinski definition) is 3. The number of hydrogen-bond acceptors (Lipinski definition) is 4. The molecule has 9 heteroatoms. The molecule has 0 aliphatic carbocycles. The molecule has 24 heavy (non-hydrogen) atoms. The maximum Gasteiger partial charge on any atom is 0.233 e. The van der Waals surface area contributed by atoms with Crippen molar-refractivity contribution in [3.05, 3.63) is 34.6 Å². The number of nitrogens with one attached hydrogen (secondary N) is 3. The lowest BCUT2D eigenvalue weighted by Crippen LogP contribution is -2.39. The molecule has 0 spiro atoms. The number of amides is 1. The van der Waals surface area contributed by atoms with Crippen LogP contribution in [-0.4, -0.2) is 45.7 Å². The van der Waals surface area contributed by atoms with Crippen LogP contribution in [0.3, 0.4) is 0 Å². The fourth-order valence-electron chi connectivity index (χ4n) is 2.49. The van der Waals surface area contributed by atoms with Gasteiger partial charge in [-0.1, -0.05) is 17.7 Å². The Morgan fingerprint density at radius 1 is 1.46 bits per heavy atom. The second kappa shape index (κ2) is 11.8. The van der Waals surface area contributed by atoms with E-state index >= 15 is 0 Å². The number of halogens is 4. The molecular weight excluding hydrogens is 380 g/mol. The molecule has 0 bridgehead atoms. The van der Waals surface area contributed by atoms with Gasteiger partial charge in [0.15, 0.2) is 0 Å². The monoisotopic (exact) mass is 401 g/mol. The van der Waals surface area contributed by atoms with Gasteiger partial charge in [-0.3, -0.25) is 4.79 Å². The van der Waals surface area contributed by atoms with E-state index in [1.54, 1.807) is 13.1 Å². The lowest BCUT2D eigenvalue weighted by atomic mass is 9.95. The molecular formula is C15H23Cl3FN3O2. The van der Waals surface area contributed by atoms with E-state index in [2.05, 4.69) is 16.0 Å². The van der Waals surface area contributed by atoms with Gasteiger partial charge in [0.05, 0.1) is 24.3 Å². The molecule has 5 nitrogen and oxygen atoms in total. The van der Waals surface area contributed by atoms with Crippen LogP contribution in [0.2, 0.25) is 5.02 Å². The molecule has 3 N–H and O–H groups in total. The first-order valence-corrected chi connectivity index (χ1v) is 7.68. The minimum Gasteiger partial charge on any atom is -0.372 e. The second-order valence-corrected chi connectivity index (χ2v) is 5.67. The average Bonchev–Trinajstić information content (AvgIpc) is 2.74. The Kier molecular flexibility index (Phi) is 11.5. The van der Waals surface area contributed by atoms with E-state index in [0.29, 0.717) is 19.7 Å². The summed E-state index contributed by atoms with van der Waals surface area (Å²) < 4.78 is 19.5. The maximum absolute atomic E-state index is 13.7. The highest BCUT2D eigenvalue weighted by atomic mass is 35.5. The van der Waals surface area contributed by atoms with Crippen LogP contribution < -0.4 is 16.0 Å². The zero-order chi connectivity index (χ0) is 15.9. The maximum atomic E-state index is 13.7. The number of likely N-dealkylation sites (N-methyl/N-ethyl adjacent to an activating group) is 1. The predicted octanol–water partition coefficient (Wildman–Crippen LogP) is 1.94. The van der Waals surface area contributed by atoms with E-state index in [1.165, 1.54) is 12.1 Å². The summed E-state index contributed by atoms with van der Waals surface area (Å²) in [6.07, 6.45) is -0.281. The van der Waals surface area contributed by atoms with Gasteiger partial charge in [-0.05, 0) is 24.7 Å². The summed E-state index contributed by atoms with van der Waals surface area (Å²) in [6.45, 7) is 2.68. The third kappa shape index (κ3) is 6.70. The van der Waals surface area contributed by atoms with Crippen LogP contribution in [0, 0.1) is 11.7 Å². The zero-order valence-electron chi connectivity index (χ0n) is 13.3. The highest BCUT2D eigenvalue weighted by molar-refractivity contribution is 6.30. The van der Waals surface area contributed by atoms with Crippen LogP contribution in [-0.2, 0) is 9.53 Å². The average molecular weight is 403 g/mol. The number of ether oxygens (including phenoxy) is 1. The Bertz CT molecular complexity index is 523. The number of carbonyl (C=O) groups is 1. The van der Waals surface area contributed by atoms with Gasteiger partial charge in [0.2, 0.25) is 5.91 Å². The molecule has 0 aromatic heterocycles. The first kappa shape index (κ1) is 23.4. The summed E-state index contributed by atoms with van der Waals surface area (Å²) in [6, 6.07) is 4.70. The smallest absolute Gasteiger partial charge is 0.233 e. The van der Waals surface area contributed by atoms with E-state index in [4.69, 9.17) is 16.3 Å². The summed E-state index contributed by atoms with van der Waals surface area (Å²) in [7, 11) is 1.72. The molecule has 0 saturated carbocycles. The standard InChI is InChI=1S/C15H21ClFN3O2.2ClH/c1-18-9-14(21)20-8-11-7-19-4-5-22-15(11)10-2-3-12(16)13(17)6-10;;/h2-3,6,11,15,18-19H,4-5,7-9H2,1H3,(H,20,21);2*1H/t11-,15-;;/m0../s1. The number of rotatable bonds is 5. The van der Waals surface area contributed by atoms with Gasteiger partial charge in [-0.25, -0.2) is 4.39 Å². The van der Waals surface area contributed by atoms with Gasteiger partial charge in [0, 0.05) is 25.6 Å². The van der Waals surface area contributed by atoms with Gasteiger partial charge in [-0.15, -0.1) is 24.8 Å². The molecule has 1 amide bonds. The summed E-state index contributed by atoms with van der Waals surface area (Å²) >= 11 is 5.73. The first-order chi connectivity index (χ1) is 10.6. The summed E-state index contributed by atoms with van der Waals surface area (Å²) in [5, 5.41) is 9.03. The molecule has 2 atom stereocenters. The third-order valence-electron chi connectivity index (χ3n) is 3.58. The normalized spacial score (nSPS) is 20.3. The minimum atomic E-state index is -0.460. The van der Waals surface area contributed by atoms with E-state index in [-0.39, 0.29) is 54.3 Å². The molecule has 2 rings (SSSR count). The van der Waals surface area contributed by atoms with Crippen molar-refractivity contribution in [1.29, 1.82) is 0 Å². The largest absolute Gasteiger partial charge is 0.372 e. The van der Waals surface area contributed by atoms with Gasteiger partial charge in [-0.2, -0.15) is 0 Å². The number of benzene rings is 1. The summed E-state index contributed by atoms with van der Waals surface area (Å²) in [5.41, 5.74) is 0.735. The molecule has 1 aliphatic rings. The lowest BCUT2D eigenvalue weighted by Gasteiger charge is -2.25. The molecule has 1 aliphatic heterocycles. The predicted molar refractivity (Wildman–Crippen MR) is 97.9 cm³/mol. The Balaban J connectivity index is 0.00000264. The first-order valence-electron chi connectivity index (χ1n) is 7.30. The van der Waals surface area contributed by atoms with E-state index in [0.717, 1.165) is 12.1 Å². The Labute approximate surface area is 158 Å². The SMILES string of the molecule is CNCC(=O)NC[C@@H]1CNCCO[C@H]1c1ccc(Cl)c(F)c1.Cl.Cl. The van der Waals surface area contributed by atoms with E-state index in [1.807, 2.05) is 0 Å². The molecule has 1 fully saturated rings. The summed E-state index contributed by atoms with van der Waals surface area (Å²) in [5.74, 6) is -0.519. The fourth-order valence-corrected chi connectivity index (χ4v) is 2.61. The van der Waals surface area contributed by atoms with Gasteiger partial charge in [0.25, 0.3) is 0 Å². The molecule has 0 radical (unpaired) electrons. The number of carbonyl (C=O) groups excluding carboxylic acids is 1. The quantitative estimate of drug-likeness (QED) is 0.704. The Morgan fingerprint density at radius 2 is 2.21 bits per heavy atom. The Hall–Kier alpha value is -0.630.